The minimum atomic E-state index is -1.03. The van der Waals surface area contributed by atoms with Gasteiger partial charge in [-0.3, -0.25) is 4.79 Å². The highest BCUT2D eigenvalue weighted by atomic mass is 16.5. The summed E-state index contributed by atoms with van der Waals surface area (Å²) in [7, 11) is 3.10. The number of hydrogen-bond acceptors (Lipinski definition) is 4. The van der Waals surface area contributed by atoms with Crippen molar-refractivity contribution in [2.24, 2.45) is 5.73 Å². The van der Waals surface area contributed by atoms with Crippen molar-refractivity contribution < 1.29 is 19.4 Å². The van der Waals surface area contributed by atoms with Crippen LogP contribution in [0.25, 0.3) is 0 Å². The molecule has 0 aliphatic rings. The zero-order valence-electron chi connectivity index (χ0n) is 10.2. The normalized spacial score (nSPS) is 12.0. The molecular weight excluding hydrogens is 222 g/mol. The highest BCUT2D eigenvalue weighted by molar-refractivity contribution is 5.73. The summed E-state index contributed by atoms with van der Waals surface area (Å²) in [4.78, 5) is 10.7. The molecule has 1 rings (SSSR count). The van der Waals surface area contributed by atoms with Gasteiger partial charge in [-0.25, -0.2) is 0 Å². The van der Waals surface area contributed by atoms with E-state index < -0.39 is 12.0 Å². The zero-order chi connectivity index (χ0) is 13.0. The van der Waals surface area contributed by atoms with Gasteiger partial charge in [0.25, 0.3) is 0 Å². The molecule has 0 saturated carbocycles. The SMILES string of the molecule is COc1cc(OC)c(CC(N)C(=O)O)cc1C. The molecule has 0 heterocycles. The number of carbonyl (C=O) groups is 1. The molecule has 0 spiro atoms. The first-order valence-corrected chi connectivity index (χ1v) is 5.19. The van der Waals surface area contributed by atoms with Gasteiger partial charge in [-0.05, 0) is 24.1 Å². The average Bonchev–Trinajstić information content (AvgIpc) is 2.29. The maximum Gasteiger partial charge on any atom is 0.320 e. The quantitative estimate of drug-likeness (QED) is 0.800. The number of benzene rings is 1. The second-order valence-electron chi connectivity index (χ2n) is 3.78. The Balaban J connectivity index is 3.06. The van der Waals surface area contributed by atoms with Crippen molar-refractivity contribution in [1.29, 1.82) is 0 Å². The minimum absolute atomic E-state index is 0.226. The van der Waals surface area contributed by atoms with E-state index in [2.05, 4.69) is 0 Å². The monoisotopic (exact) mass is 239 g/mol. The predicted molar refractivity (Wildman–Crippen MR) is 63.6 cm³/mol. The molecule has 5 nitrogen and oxygen atoms in total. The molecule has 1 atom stereocenters. The first-order chi connectivity index (χ1) is 7.99. The smallest absolute Gasteiger partial charge is 0.320 e. The predicted octanol–water partition coefficient (Wildman–Crippen LogP) is 0.967. The van der Waals surface area contributed by atoms with Crippen LogP contribution >= 0.6 is 0 Å². The number of nitrogens with two attached hydrogens (primary N) is 1. The largest absolute Gasteiger partial charge is 0.496 e. The second-order valence-corrected chi connectivity index (χ2v) is 3.78. The summed E-state index contributed by atoms with van der Waals surface area (Å²) in [5.74, 6) is 0.263. The molecule has 0 amide bonds. The molecule has 0 aliphatic carbocycles. The number of carboxylic acid groups (broad SMARTS) is 1. The molecule has 0 aromatic heterocycles. The Kier molecular flexibility index (Phi) is 4.34. The molecule has 1 aromatic rings. The lowest BCUT2D eigenvalue weighted by molar-refractivity contribution is -0.138. The fourth-order valence-corrected chi connectivity index (χ4v) is 1.62. The van der Waals surface area contributed by atoms with Gasteiger partial charge in [-0.2, -0.15) is 0 Å². The van der Waals surface area contributed by atoms with Gasteiger partial charge < -0.3 is 20.3 Å². The van der Waals surface area contributed by atoms with E-state index in [0.717, 1.165) is 11.1 Å². The van der Waals surface area contributed by atoms with Gasteiger partial charge in [0.15, 0.2) is 0 Å². The van der Waals surface area contributed by atoms with Crippen molar-refractivity contribution in [2.45, 2.75) is 19.4 Å². The third-order valence-electron chi connectivity index (χ3n) is 2.55. The Labute approximate surface area is 100 Å². The van der Waals surface area contributed by atoms with E-state index >= 15 is 0 Å². The molecule has 0 bridgehead atoms. The van der Waals surface area contributed by atoms with Crippen LogP contribution in [0.4, 0.5) is 0 Å². The van der Waals surface area contributed by atoms with Crippen LogP contribution in [0.1, 0.15) is 11.1 Å². The number of methoxy groups -OCH3 is 2. The van der Waals surface area contributed by atoms with Gasteiger partial charge in [-0.1, -0.05) is 0 Å². The molecule has 1 aromatic carbocycles. The van der Waals surface area contributed by atoms with Crippen molar-refractivity contribution in [2.75, 3.05) is 14.2 Å². The third kappa shape index (κ3) is 3.10. The number of carboxylic acids is 1. The Hall–Kier alpha value is -1.75. The number of ether oxygens (including phenoxy) is 2. The maximum atomic E-state index is 10.7. The van der Waals surface area contributed by atoms with E-state index in [1.165, 1.54) is 7.11 Å². The second kappa shape index (κ2) is 5.54. The summed E-state index contributed by atoms with van der Waals surface area (Å²) in [5, 5.41) is 8.79. The highest BCUT2D eigenvalue weighted by Gasteiger charge is 2.16. The van der Waals surface area contributed by atoms with Crippen LogP contribution in [0.15, 0.2) is 12.1 Å². The minimum Gasteiger partial charge on any atom is -0.496 e. The summed E-state index contributed by atoms with van der Waals surface area (Å²) in [5.41, 5.74) is 7.19. The maximum absolute atomic E-state index is 10.7. The lowest BCUT2D eigenvalue weighted by atomic mass is 10.0. The third-order valence-corrected chi connectivity index (χ3v) is 2.55. The van der Waals surface area contributed by atoms with Crippen LogP contribution in [0.5, 0.6) is 11.5 Å². The number of hydrogen-bond donors (Lipinski definition) is 2. The molecule has 0 radical (unpaired) electrons. The summed E-state index contributed by atoms with van der Waals surface area (Å²) >= 11 is 0. The van der Waals surface area contributed by atoms with Crippen molar-refractivity contribution in [1.82, 2.24) is 0 Å². The molecule has 5 heteroatoms. The first-order valence-electron chi connectivity index (χ1n) is 5.19. The summed E-state index contributed by atoms with van der Waals surface area (Å²) in [6.45, 7) is 1.88. The lowest BCUT2D eigenvalue weighted by Crippen LogP contribution is -2.32. The van der Waals surface area contributed by atoms with Crippen LogP contribution in [0.2, 0.25) is 0 Å². The topological polar surface area (TPSA) is 81.8 Å². The van der Waals surface area contributed by atoms with E-state index in [4.69, 9.17) is 20.3 Å². The molecule has 0 fully saturated rings. The van der Waals surface area contributed by atoms with Crippen LogP contribution in [-0.2, 0) is 11.2 Å². The molecule has 17 heavy (non-hydrogen) atoms. The molecular formula is C12H17NO4. The Morgan fingerprint density at radius 3 is 2.41 bits per heavy atom. The summed E-state index contributed by atoms with van der Waals surface area (Å²) in [6, 6.07) is 2.64. The Morgan fingerprint density at radius 2 is 1.94 bits per heavy atom. The molecule has 3 N–H and O–H groups in total. The van der Waals surface area contributed by atoms with Crippen LogP contribution in [0, 0.1) is 6.92 Å². The zero-order valence-corrected chi connectivity index (χ0v) is 10.2. The van der Waals surface area contributed by atoms with E-state index in [1.54, 1.807) is 13.2 Å². The van der Waals surface area contributed by atoms with Gasteiger partial charge in [-0.15, -0.1) is 0 Å². The Morgan fingerprint density at radius 1 is 1.35 bits per heavy atom. The first kappa shape index (κ1) is 13.3. The van der Waals surface area contributed by atoms with Crippen molar-refractivity contribution in [3.63, 3.8) is 0 Å². The van der Waals surface area contributed by atoms with E-state index in [-0.39, 0.29) is 6.42 Å². The molecule has 0 aliphatic heterocycles. The summed E-state index contributed by atoms with van der Waals surface area (Å²) in [6.07, 6.45) is 0.226. The van der Waals surface area contributed by atoms with E-state index in [9.17, 15) is 4.79 Å². The van der Waals surface area contributed by atoms with E-state index in [1.807, 2.05) is 13.0 Å². The molecule has 1 unspecified atom stereocenters. The Bertz CT molecular complexity index is 417. The summed E-state index contributed by atoms with van der Waals surface area (Å²) < 4.78 is 10.4. The van der Waals surface area contributed by atoms with Crippen LogP contribution < -0.4 is 15.2 Å². The van der Waals surface area contributed by atoms with Crippen molar-refractivity contribution in [3.8, 4) is 11.5 Å². The van der Waals surface area contributed by atoms with Gasteiger partial charge in [0.1, 0.15) is 17.5 Å². The highest BCUT2D eigenvalue weighted by Crippen LogP contribution is 2.29. The standard InChI is InChI=1S/C12H17NO4/c1-7-4-8(5-9(13)12(14)15)11(17-3)6-10(7)16-2/h4,6,9H,5,13H2,1-3H3,(H,14,15). The lowest BCUT2D eigenvalue weighted by Gasteiger charge is -2.14. The van der Waals surface area contributed by atoms with Gasteiger partial charge >= 0.3 is 5.97 Å². The van der Waals surface area contributed by atoms with Crippen LogP contribution in [0.3, 0.4) is 0 Å². The molecule has 0 saturated heterocycles. The fourth-order valence-electron chi connectivity index (χ4n) is 1.62. The number of rotatable bonds is 5. The number of aryl methyl sites for hydroxylation is 1. The van der Waals surface area contributed by atoms with Crippen molar-refractivity contribution in [3.05, 3.63) is 23.3 Å². The average molecular weight is 239 g/mol. The van der Waals surface area contributed by atoms with Crippen molar-refractivity contribution >= 4 is 5.97 Å². The van der Waals surface area contributed by atoms with Gasteiger partial charge in [0.05, 0.1) is 14.2 Å². The fraction of sp³-hybridized carbons (Fsp3) is 0.417. The van der Waals surface area contributed by atoms with Gasteiger partial charge in [0, 0.05) is 12.5 Å². The van der Waals surface area contributed by atoms with E-state index in [0.29, 0.717) is 11.5 Å². The molecule has 94 valence electrons. The van der Waals surface area contributed by atoms with Gasteiger partial charge in [0.2, 0.25) is 0 Å². The number of aliphatic carboxylic acids is 1. The van der Waals surface area contributed by atoms with Crippen LogP contribution in [-0.4, -0.2) is 31.3 Å².